The molecule has 5 heteroatoms. The van der Waals surface area contributed by atoms with Crippen LogP contribution in [0, 0.1) is 17.8 Å². The summed E-state index contributed by atoms with van der Waals surface area (Å²) in [5.41, 5.74) is 0.485. The Hall–Kier alpha value is -1.88. The van der Waals surface area contributed by atoms with E-state index >= 15 is 0 Å². The van der Waals surface area contributed by atoms with Gasteiger partial charge in [-0.3, -0.25) is 9.59 Å². The monoisotopic (exact) mass is 247 g/mol. The van der Waals surface area contributed by atoms with Crippen molar-refractivity contribution in [1.82, 2.24) is 0 Å². The first-order chi connectivity index (χ1) is 8.70. The van der Waals surface area contributed by atoms with Gasteiger partial charge in [0.15, 0.2) is 0 Å². The van der Waals surface area contributed by atoms with Gasteiger partial charge in [0.05, 0.1) is 24.6 Å². The van der Waals surface area contributed by atoms with Crippen LogP contribution >= 0.6 is 0 Å². The third-order valence-corrected chi connectivity index (χ3v) is 3.72. The molecule has 1 N–H and O–H groups in total. The van der Waals surface area contributed by atoms with E-state index in [9.17, 15) is 9.59 Å². The van der Waals surface area contributed by atoms with Gasteiger partial charge in [-0.25, -0.2) is 4.90 Å². The molecule has 1 aliphatic heterocycles. The van der Waals surface area contributed by atoms with Crippen molar-refractivity contribution in [3.8, 4) is 5.75 Å². The van der Waals surface area contributed by atoms with E-state index in [-0.39, 0.29) is 36.2 Å². The van der Waals surface area contributed by atoms with Crippen molar-refractivity contribution in [3.63, 3.8) is 0 Å². The highest BCUT2D eigenvalue weighted by atomic mass is 16.5. The summed E-state index contributed by atoms with van der Waals surface area (Å²) in [6.45, 7) is -0.105. The van der Waals surface area contributed by atoms with E-state index in [1.807, 2.05) is 0 Å². The highest BCUT2D eigenvalue weighted by Gasteiger charge is 2.67. The van der Waals surface area contributed by atoms with Crippen LogP contribution < -0.4 is 9.64 Å². The summed E-state index contributed by atoms with van der Waals surface area (Å²) in [6.07, 6.45) is 0. The van der Waals surface area contributed by atoms with E-state index in [0.29, 0.717) is 11.4 Å². The average molecular weight is 247 g/mol. The smallest absolute Gasteiger partial charge is 0.238 e. The van der Waals surface area contributed by atoms with Crippen LogP contribution in [0.25, 0.3) is 0 Å². The van der Waals surface area contributed by atoms with E-state index in [1.54, 1.807) is 24.3 Å². The topological polar surface area (TPSA) is 66.8 Å². The van der Waals surface area contributed by atoms with Crippen molar-refractivity contribution < 1.29 is 19.4 Å². The molecular formula is C13H13NO4. The number of hydrogen-bond acceptors (Lipinski definition) is 4. The summed E-state index contributed by atoms with van der Waals surface area (Å²) < 4.78 is 5.16. The number of amides is 2. The predicted octanol–water partition coefficient (Wildman–Crippen LogP) is 0.423. The second-order valence-electron chi connectivity index (χ2n) is 4.58. The number of hydrogen-bond donors (Lipinski definition) is 1. The lowest BCUT2D eigenvalue weighted by Crippen LogP contribution is -2.35. The molecule has 5 nitrogen and oxygen atoms in total. The first-order valence-corrected chi connectivity index (χ1v) is 5.82. The Labute approximate surface area is 104 Å². The molecule has 2 fully saturated rings. The summed E-state index contributed by atoms with van der Waals surface area (Å²) >= 11 is 0. The molecular weight excluding hydrogens is 234 g/mol. The highest BCUT2D eigenvalue weighted by Crippen LogP contribution is 2.54. The first-order valence-electron chi connectivity index (χ1n) is 5.82. The predicted molar refractivity (Wildman–Crippen MR) is 63.0 cm³/mol. The molecule has 1 saturated carbocycles. The maximum atomic E-state index is 12.1. The Bertz CT molecular complexity index is 505. The molecule has 2 aliphatic rings. The minimum Gasteiger partial charge on any atom is -0.495 e. The van der Waals surface area contributed by atoms with Crippen LogP contribution in [-0.2, 0) is 9.59 Å². The number of anilines is 1. The zero-order valence-corrected chi connectivity index (χ0v) is 9.87. The third-order valence-electron chi connectivity index (χ3n) is 3.72. The number of nitrogens with zero attached hydrogens (tertiary/aromatic N) is 1. The van der Waals surface area contributed by atoms with Crippen molar-refractivity contribution in [2.45, 2.75) is 0 Å². The van der Waals surface area contributed by atoms with Crippen LogP contribution in [0.15, 0.2) is 24.3 Å². The molecule has 1 aromatic carbocycles. The molecule has 2 amide bonds. The van der Waals surface area contributed by atoms with E-state index < -0.39 is 0 Å². The number of rotatable bonds is 3. The molecule has 0 aromatic heterocycles. The number of aliphatic hydroxyl groups excluding tert-OH is 1. The van der Waals surface area contributed by atoms with Gasteiger partial charge in [0.25, 0.3) is 0 Å². The van der Waals surface area contributed by atoms with Crippen molar-refractivity contribution >= 4 is 17.5 Å². The molecule has 2 atom stereocenters. The third kappa shape index (κ3) is 1.31. The number of aliphatic hydroxyl groups is 1. The average Bonchev–Trinajstić information content (AvgIpc) is 3.07. The van der Waals surface area contributed by atoms with Crippen molar-refractivity contribution in [1.29, 1.82) is 0 Å². The summed E-state index contributed by atoms with van der Waals surface area (Å²) in [5.74, 6) is -0.820. The first kappa shape index (κ1) is 11.2. The number of methoxy groups -OCH3 is 1. The Morgan fingerprint density at radius 1 is 1.22 bits per heavy atom. The molecule has 2 unspecified atom stereocenters. The Balaban J connectivity index is 1.96. The zero-order valence-electron chi connectivity index (χ0n) is 9.87. The summed E-state index contributed by atoms with van der Waals surface area (Å²) in [4.78, 5) is 25.4. The largest absolute Gasteiger partial charge is 0.495 e. The number of benzene rings is 1. The van der Waals surface area contributed by atoms with Gasteiger partial charge in [0.1, 0.15) is 5.75 Å². The molecule has 1 aliphatic carbocycles. The number of piperidine rings is 1. The van der Waals surface area contributed by atoms with Crippen molar-refractivity contribution in [2.75, 3.05) is 18.6 Å². The SMILES string of the molecule is COc1ccccc1N1C(=O)C2C(CO)C2C1=O. The minimum atomic E-state index is -0.340. The molecule has 0 radical (unpaired) electrons. The maximum Gasteiger partial charge on any atom is 0.238 e. The van der Waals surface area contributed by atoms with Gasteiger partial charge in [-0.1, -0.05) is 12.1 Å². The van der Waals surface area contributed by atoms with Crippen molar-refractivity contribution in [3.05, 3.63) is 24.3 Å². The van der Waals surface area contributed by atoms with Crippen molar-refractivity contribution in [2.24, 2.45) is 17.8 Å². The van der Waals surface area contributed by atoms with Gasteiger partial charge >= 0.3 is 0 Å². The van der Waals surface area contributed by atoms with Crippen LogP contribution in [0.4, 0.5) is 5.69 Å². The van der Waals surface area contributed by atoms with Gasteiger partial charge in [0.2, 0.25) is 11.8 Å². The number of ether oxygens (including phenoxy) is 1. The lowest BCUT2D eigenvalue weighted by atomic mass is 10.2. The molecule has 18 heavy (non-hydrogen) atoms. The summed E-state index contributed by atoms with van der Waals surface area (Å²) in [7, 11) is 1.50. The number of carbonyl (C=O) groups excluding carboxylic acids is 2. The van der Waals surface area contributed by atoms with Gasteiger partial charge in [-0.2, -0.15) is 0 Å². The van der Waals surface area contributed by atoms with Crippen LogP contribution in [-0.4, -0.2) is 30.6 Å². The van der Waals surface area contributed by atoms with Gasteiger partial charge in [-0.15, -0.1) is 0 Å². The fourth-order valence-corrected chi connectivity index (χ4v) is 2.73. The normalized spacial score (nSPS) is 29.4. The van der Waals surface area contributed by atoms with E-state index in [2.05, 4.69) is 0 Å². The Morgan fingerprint density at radius 3 is 2.39 bits per heavy atom. The van der Waals surface area contributed by atoms with E-state index in [1.165, 1.54) is 12.0 Å². The summed E-state index contributed by atoms with van der Waals surface area (Å²) in [5, 5.41) is 9.06. The zero-order chi connectivity index (χ0) is 12.9. The molecule has 1 heterocycles. The van der Waals surface area contributed by atoms with Crippen LogP contribution in [0.5, 0.6) is 5.75 Å². The standard InChI is InChI=1S/C13H13NO4/c1-18-9-5-3-2-4-8(9)14-12(16)10-7(6-15)11(10)13(14)17/h2-5,7,10-11,15H,6H2,1H3. The molecule has 1 aromatic rings. The summed E-state index contributed by atoms with van der Waals surface area (Å²) in [6, 6.07) is 6.94. The molecule has 3 rings (SSSR count). The van der Waals surface area contributed by atoms with Gasteiger partial charge < -0.3 is 9.84 Å². The van der Waals surface area contributed by atoms with Crippen LogP contribution in [0.3, 0.4) is 0 Å². The van der Waals surface area contributed by atoms with Crippen LogP contribution in [0.1, 0.15) is 0 Å². The van der Waals surface area contributed by atoms with E-state index in [0.717, 1.165) is 0 Å². The Morgan fingerprint density at radius 2 is 1.83 bits per heavy atom. The molecule has 94 valence electrons. The number of para-hydroxylation sites is 2. The van der Waals surface area contributed by atoms with Gasteiger partial charge in [0, 0.05) is 12.5 Å². The Kier molecular flexibility index (Phi) is 2.38. The quantitative estimate of drug-likeness (QED) is 0.786. The molecule has 1 saturated heterocycles. The second-order valence-corrected chi connectivity index (χ2v) is 4.58. The number of fused-ring (bicyclic) bond motifs is 1. The van der Waals surface area contributed by atoms with E-state index in [4.69, 9.17) is 9.84 Å². The molecule has 0 bridgehead atoms. The fourth-order valence-electron chi connectivity index (χ4n) is 2.73. The number of imide groups is 1. The maximum absolute atomic E-state index is 12.1. The minimum absolute atomic E-state index is 0.105. The van der Waals surface area contributed by atoms with Gasteiger partial charge in [-0.05, 0) is 12.1 Å². The molecule has 0 spiro atoms. The van der Waals surface area contributed by atoms with Crippen LogP contribution in [0.2, 0.25) is 0 Å². The number of carbonyl (C=O) groups is 2. The fraction of sp³-hybridized carbons (Fsp3) is 0.385. The lowest BCUT2D eigenvalue weighted by Gasteiger charge is -2.20. The lowest BCUT2D eigenvalue weighted by molar-refractivity contribution is -0.124. The highest BCUT2D eigenvalue weighted by molar-refractivity contribution is 6.25. The second kappa shape index (κ2) is 3.81.